The third-order valence-corrected chi connectivity index (χ3v) is 4.64. The summed E-state index contributed by atoms with van der Waals surface area (Å²) in [5.41, 5.74) is 0.669. The van der Waals surface area contributed by atoms with Crippen LogP contribution in [0.5, 0.6) is 0 Å². The molecule has 1 fully saturated rings. The van der Waals surface area contributed by atoms with Crippen LogP contribution in [0.2, 0.25) is 0 Å². The summed E-state index contributed by atoms with van der Waals surface area (Å²) in [5.74, 6) is -0.924. The summed E-state index contributed by atoms with van der Waals surface area (Å²) < 4.78 is 46.9. The number of amides is 1. The first-order valence-corrected chi connectivity index (χ1v) is 9.75. The minimum absolute atomic E-state index is 0.00764. The molecule has 1 aliphatic rings. The zero-order valence-corrected chi connectivity index (χ0v) is 16.7. The summed E-state index contributed by atoms with van der Waals surface area (Å²) in [4.78, 5) is 29.6. The van der Waals surface area contributed by atoms with Gasteiger partial charge in [-0.15, -0.1) is 0 Å². The Morgan fingerprint density at radius 1 is 1.09 bits per heavy atom. The van der Waals surface area contributed by atoms with Gasteiger partial charge in [-0.3, -0.25) is 5.32 Å². The van der Waals surface area contributed by atoms with Gasteiger partial charge in [0, 0.05) is 24.8 Å². The second-order valence-corrected chi connectivity index (χ2v) is 6.98. The van der Waals surface area contributed by atoms with Crippen molar-refractivity contribution in [2.24, 2.45) is 0 Å². The fourth-order valence-electron chi connectivity index (χ4n) is 3.05. The van der Waals surface area contributed by atoms with Gasteiger partial charge in [0.2, 0.25) is 5.82 Å². The van der Waals surface area contributed by atoms with Gasteiger partial charge >= 0.3 is 18.2 Å². The van der Waals surface area contributed by atoms with Crippen LogP contribution in [-0.4, -0.2) is 44.3 Å². The Kier molecular flexibility index (Phi) is 6.14. The molecule has 32 heavy (non-hydrogen) atoms. The first kappa shape index (κ1) is 21.5. The van der Waals surface area contributed by atoms with Gasteiger partial charge in [-0.25, -0.2) is 19.7 Å². The van der Waals surface area contributed by atoms with E-state index in [0.29, 0.717) is 0 Å². The van der Waals surface area contributed by atoms with Crippen molar-refractivity contribution in [3.05, 3.63) is 42.2 Å². The minimum Gasteiger partial charge on any atom is -0.444 e. The summed E-state index contributed by atoms with van der Waals surface area (Å²) in [6, 6.07) is 3.74. The maximum Gasteiger partial charge on any atom is 0.471 e. The van der Waals surface area contributed by atoms with Crippen molar-refractivity contribution >= 4 is 17.7 Å². The lowest BCUT2D eigenvalue weighted by Crippen LogP contribution is -2.30. The maximum atomic E-state index is 12.5. The number of nitrogens with one attached hydrogen (secondary N) is 1. The molecule has 1 saturated heterocycles. The normalized spacial score (nSPS) is 14.3. The van der Waals surface area contributed by atoms with Gasteiger partial charge in [-0.05, 0) is 25.3 Å². The molecule has 0 unspecified atom stereocenters. The van der Waals surface area contributed by atoms with Gasteiger partial charge < -0.3 is 14.2 Å². The highest BCUT2D eigenvalue weighted by Crippen LogP contribution is 2.28. The number of anilines is 2. The molecule has 13 heteroatoms. The van der Waals surface area contributed by atoms with Crippen molar-refractivity contribution in [1.82, 2.24) is 25.1 Å². The monoisotopic (exact) mass is 449 g/mol. The Morgan fingerprint density at radius 2 is 1.91 bits per heavy atom. The predicted molar refractivity (Wildman–Crippen MR) is 104 cm³/mol. The molecule has 0 aliphatic carbocycles. The van der Waals surface area contributed by atoms with E-state index in [9.17, 15) is 18.0 Å². The number of carbonyl (C=O) groups is 1. The fourth-order valence-corrected chi connectivity index (χ4v) is 3.05. The van der Waals surface area contributed by atoms with Crippen LogP contribution in [0, 0.1) is 0 Å². The highest BCUT2D eigenvalue weighted by Gasteiger charge is 2.38. The van der Waals surface area contributed by atoms with Crippen LogP contribution in [-0.2, 0) is 17.5 Å². The zero-order valence-electron chi connectivity index (χ0n) is 16.7. The highest BCUT2D eigenvalue weighted by molar-refractivity contribution is 5.83. The van der Waals surface area contributed by atoms with Crippen LogP contribution in [0.4, 0.5) is 29.6 Å². The van der Waals surface area contributed by atoms with Gasteiger partial charge in [-0.2, -0.15) is 18.2 Å². The molecule has 0 atom stereocenters. The SMILES string of the molecule is O=C(Nc1cnc(-c2noc(C(F)(F)F)n2)cn1)OCc1ccc(N2CCCCC2)nc1. The molecule has 1 N–H and O–H groups in total. The highest BCUT2D eigenvalue weighted by atomic mass is 19.4. The van der Waals surface area contributed by atoms with E-state index in [1.165, 1.54) is 6.42 Å². The Bertz CT molecular complexity index is 1050. The van der Waals surface area contributed by atoms with Crippen LogP contribution in [0.15, 0.2) is 35.2 Å². The summed E-state index contributed by atoms with van der Waals surface area (Å²) in [5, 5.41) is 5.59. The number of hydrogen-bond acceptors (Lipinski definition) is 9. The summed E-state index contributed by atoms with van der Waals surface area (Å²) in [6.45, 7) is 1.98. The van der Waals surface area contributed by atoms with Crippen molar-refractivity contribution in [3.63, 3.8) is 0 Å². The number of carbonyl (C=O) groups excluding carboxylic acids is 1. The molecule has 0 spiro atoms. The fraction of sp³-hybridized carbons (Fsp3) is 0.368. The zero-order chi connectivity index (χ0) is 22.6. The predicted octanol–water partition coefficient (Wildman–Crippen LogP) is 3.68. The quantitative estimate of drug-likeness (QED) is 0.622. The van der Waals surface area contributed by atoms with Crippen molar-refractivity contribution in [2.45, 2.75) is 32.0 Å². The number of aromatic nitrogens is 5. The maximum absolute atomic E-state index is 12.5. The van der Waals surface area contributed by atoms with Crippen LogP contribution in [0.1, 0.15) is 30.7 Å². The topological polar surface area (TPSA) is 119 Å². The summed E-state index contributed by atoms with van der Waals surface area (Å²) in [6.07, 6.45) is 1.91. The van der Waals surface area contributed by atoms with Gasteiger partial charge in [0.1, 0.15) is 18.1 Å². The van der Waals surface area contributed by atoms with Gasteiger partial charge in [0.25, 0.3) is 0 Å². The minimum atomic E-state index is -4.76. The van der Waals surface area contributed by atoms with E-state index in [2.05, 4.69) is 39.8 Å². The molecule has 168 valence electrons. The number of hydrogen-bond donors (Lipinski definition) is 1. The molecule has 1 amide bonds. The molecule has 4 heterocycles. The molecule has 0 aromatic carbocycles. The number of piperidine rings is 1. The number of halogens is 3. The molecule has 1 aliphatic heterocycles. The van der Waals surface area contributed by atoms with E-state index in [4.69, 9.17) is 4.74 Å². The molecule has 3 aromatic heterocycles. The van der Waals surface area contributed by atoms with Gasteiger partial charge in [0.15, 0.2) is 5.82 Å². The molecule has 4 rings (SSSR count). The molecule has 10 nitrogen and oxygen atoms in total. The molecule has 0 bridgehead atoms. The Morgan fingerprint density at radius 3 is 2.53 bits per heavy atom. The largest absolute Gasteiger partial charge is 0.471 e. The molecular formula is C19H18F3N7O3. The standard InChI is InChI=1S/C19H18F3N7O3/c20-19(21,22)17-27-16(28-32-17)13-9-24-14(10-23-13)26-18(30)31-11-12-4-5-15(25-8-12)29-6-2-1-3-7-29/h4-5,8-10H,1-3,6-7,11H2,(H,24,26,30). The smallest absolute Gasteiger partial charge is 0.444 e. The first-order valence-electron chi connectivity index (χ1n) is 9.75. The van der Waals surface area contributed by atoms with Crippen LogP contribution >= 0.6 is 0 Å². The van der Waals surface area contributed by atoms with Gasteiger partial charge in [-0.1, -0.05) is 11.2 Å². The van der Waals surface area contributed by atoms with Crippen LogP contribution in [0.25, 0.3) is 11.5 Å². The van der Waals surface area contributed by atoms with Crippen molar-refractivity contribution < 1.29 is 27.2 Å². The Labute approximate surface area is 179 Å². The Hall–Kier alpha value is -3.77. The molecule has 0 radical (unpaired) electrons. The third-order valence-electron chi connectivity index (χ3n) is 4.64. The van der Waals surface area contributed by atoms with Crippen molar-refractivity contribution in [2.75, 3.05) is 23.3 Å². The molecule has 0 saturated carbocycles. The molecular weight excluding hydrogens is 431 g/mol. The lowest BCUT2D eigenvalue weighted by atomic mass is 10.1. The van der Waals surface area contributed by atoms with Crippen LogP contribution in [0.3, 0.4) is 0 Å². The van der Waals surface area contributed by atoms with Crippen LogP contribution < -0.4 is 10.2 Å². The van der Waals surface area contributed by atoms with E-state index in [1.807, 2.05) is 12.1 Å². The third kappa shape index (κ3) is 5.28. The second kappa shape index (κ2) is 9.16. The lowest BCUT2D eigenvalue weighted by molar-refractivity contribution is -0.159. The van der Waals surface area contributed by atoms with Crippen molar-refractivity contribution in [3.8, 4) is 11.5 Å². The average Bonchev–Trinajstić information content (AvgIpc) is 3.30. The van der Waals surface area contributed by atoms with E-state index in [-0.39, 0.29) is 23.9 Å². The molecule has 3 aromatic rings. The van der Waals surface area contributed by atoms with Crippen molar-refractivity contribution in [1.29, 1.82) is 0 Å². The number of nitrogens with zero attached hydrogens (tertiary/aromatic N) is 6. The number of rotatable bonds is 5. The first-order chi connectivity index (χ1) is 15.4. The number of ether oxygens (including phenoxy) is 1. The summed E-state index contributed by atoms with van der Waals surface area (Å²) >= 11 is 0. The number of pyridine rings is 1. The Balaban J connectivity index is 1.28. The average molecular weight is 449 g/mol. The van der Waals surface area contributed by atoms with E-state index >= 15 is 0 Å². The van der Waals surface area contributed by atoms with E-state index in [0.717, 1.165) is 49.7 Å². The number of alkyl halides is 3. The second-order valence-electron chi connectivity index (χ2n) is 6.98. The van der Waals surface area contributed by atoms with E-state index < -0.39 is 18.2 Å². The summed E-state index contributed by atoms with van der Waals surface area (Å²) in [7, 11) is 0. The van der Waals surface area contributed by atoms with E-state index in [1.54, 1.807) is 6.20 Å². The van der Waals surface area contributed by atoms with Gasteiger partial charge in [0.05, 0.1) is 12.4 Å². The lowest BCUT2D eigenvalue weighted by Gasteiger charge is -2.27.